The fourth-order valence-corrected chi connectivity index (χ4v) is 7.22. The second-order valence-corrected chi connectivity index (χ2v) is 9.12. The first-order valence-corrected chi connectivity index (χ1v) is 9.07. The lowest BCUT2D eigenvalue weighted by atomic mass is 9.52. The summed E-state index contributed by atoms with van der Waals surface area (Å²) in [5.41, 5.74) is 1.01. The van der Waals surface area contributed by atoms with Crippen LogP contribution in [0.2, 0.25) is 0 Å². The van der Waals surface area contributed by atoms with Gasteiger partial charge < -0.3 is 0 Å². The third-order valence-electron chi connectivity index (χ3n) is 8.38. The predicted molar refractivity (Wildman–Crippen MR) is 82.5 cm³/mol. The van der Waals surface area contributed by atoms with Crippen LogP contribution in [0, 0.1) is 44.6 Å². The van der Waals surface area contributed by atoms with Crippen molar-refractivity contribution in [2.24, 2.45) is 34.5 Å². The molecule has 0 heterocycles. The Bertz CT molecular complexity index is 464. The van der Waals surface area contributed by atoms with Crippen molar-refractivity contribution in [1.82, 2.24) is 0 Å². The summed E-state index contributed by atoms with van der Waals surface area (Å²) in [4.78, 5) is 11.2. The highest BCUT2D eigenvalue weighted by atomic mass is 16.6. The molecular weight excluding hydrogens is 262 g/mol. The minimum Gasteiger partial charge on any atom is -0.264 e. The van der Waals surface area contributed by atoms with Gasteiger partial charge in [0.25, 0.3) is 0 Å². The van der Waals surface area contributed by atoms with E-state index in [1.165, 1.54) is 38.5 Å². The van der Waals surface area contributed by atoms with Crippen molar-refractivity contribution in [2.45, 2.75) is 77.7 Å². The Hall–Kier alpha value is -0.600. The van der Waals surface area contributed by atoms with E-state index in [1.54, 1.807) is 0 Å². The maximum atomic E-state index is 11.2. The zero-order chi connectivity index (χ0) is 14.8. The topological polar surface area (TPSA) is 43.1 Å². The van der Waals surface area contributed by atoms with Gasteiger partial charge in [-0.05, 0) is 73.0 Å². The average molecular weight is 291 g/mol. The molecule has 0 aromatic carbocycles. The molecule has 0 aromatic rings. The van der Waals surface area contributed by atoms with Crippen molar-refractivity contribution in [3.8, 4) is 0 Å². The summed E-state index contributed by atoms with van der Waals surface area (Å²) in [5, 5.41) is 11.2. The van der Waals surface area contributed by atoms with Crippen molar-refractivity contribution < 1.29 is 4.92 Å². The fraction of sp³-hybridized carbons (Fsp3) is 1.00. The van der Waals surface area contributed by atoms with Gasteiger partial charge in [0.2, 0.25) is 6.04 Å². The van der Waals surface area contributed by atoms with E-state index in [4.69, 9.17) is 0 Å². The van der Waals surface area contributed by atoms with E-state index in [-0.39, 0.29) is 11.0 Å². The van der Waals surface area contributed by atoms with E-state index in [0.29, 0.717) is 16.7 Å². The zero-order valence-electron chi connectivity index (χ0n) is 13.5. The Kier molecular flexibility index (Phi) is 2.97. The average Bonchev–Trinajstić information content (AvgIpc) is 2.92. The highest BCUT2D eigenvalue weighted by Crippen LogP contribution is 2.69. The first kappa shape index (κ1) is 14.0. The molecule has 3 heteroatoms. The quantitative estimate of drug-likeness (QED) is 0.520. The van der Waals surface area contributed by atoms with Crippen LogP contribution in [0.4, 0.5) is 0 Å². The highest BCUT2D eigenvalue weighted by Gasteiger charge is 2.61. The molecule has 0 N–H and O–H groups in total. The SMILES string of the molecule is CC12CCCC1C1CCC3CC([N+](=O)[O-])CCC3(C)C1C2. The van der Waals surface area contributed by atoms with Crippen LogP contribution in [0.3, 0.4) is 0 Å². The van der Waals surface area contributed by atoms with Crippen molar-refractivity contribution in [2.75, 3.05) is 0 Å². The van der Waals surface area contributed by atoms with Crippen LogP contribution >= 0.6 is 0 Å². The summed E-state index contributed by atoms with van der Waals surface area (Å²) < 4.78 is 0. The monoisotopic (exact) mass is 291 g/mol. The molecule has 0 amide bonds. The summed E-state index contributed by atoms with van der Waals surface area (Å²) in [6.45, 7) is 5.04. The molecule has 0 saturated heterocycles. The molecule has 0 spiro atoms. The number of fused-ring (bicyclic) bond motifs is 5. The van der Waals surface area contributed by atoms with Gasteiger partial charge in [-0.25, -0.2) is 0 Å². The molecule has 0 aromatic heterocycles. The third-order valence-corrected chi connectivity index (χ3v) is 8.38. The molecule has 4 aliphatic carbocycles. The van der Waals surface area contributed by atoms with Gasteiger partial charge >= 0.3 is 0 Å². The van der Waals surface area contributed by atoms with Gasteiger partial charge in [0, 0.05) is 17.8 Å². The molecule has 4 fully saturated rings. The Morgan fingerprint density at radius 2 is 1.86 bits per heavy atom. The van der Waals surface area contributed by atoms with E-state index in [0.717, 1.165) is 37.0 Å². The van der Waals surface area contributed by atoms with Gasteiger partial charge in [-0.3, -0.25) is 10.1 Å². The molecule has 21 heavy (non-hydrogen) atoms. The van der Waals surface area contributed by atoms with Crippen molar-refractivity contribution in [3.63, 3.8) is 0 Å². The van der Waals surface area contributed by atoms with E-state index in [9.17, 15) is 10.1 Å². The zero-order valence-corrected chi connectivity index (χ0v) is 13.5. The number of hydrogen-bond donors (Lipinski definition) is 0. The maximum absolute atomic E-state index is 11.2. The van der Waals surface area contributed by atoms with Crippen LogP contribution in [0.5, 0.6) is 0 Å². The summed E-state index contributed by atoms with van der Waals surface area (Å²) in [6.07, 6.45) is 11.1. The number of hydrogen-bond acceptors (Lipinski definition) is 2. The summed E-state index contributed by atoms with van der Waals surface area (Å²) in [7, 11) is 0. The molecular formula is C18H29NO2. The molecule has 4 saturated carbocycles. The number of nitro groups is 1. The maximum Gasteiger partial charge on any atom is 0.213 e. The van der Waals surface area contributed by atoms with Gasteiger partial charge in [0.15, 0.2) is 0 Å². The van der Waals surface area contributed by atoms with Crippen molar-refractivity contribution >= 4 is 0 Å². The lowest BCUT2D eigenvalue weighted by Crippen LogP contribution is -2.48. The molecule has 4 rings (SSSR count). The van der Waals surface area contributed by atoms with Gasteiger partial charge in [0.1, 0.15) is 0 Å². The molecule has 118 valence electrons. The molecule has 0 bridgehead atoms. The van der Waals surface area contributed by atoms with E-state index >= 15 is 0 Å². The first-order valence-electron chi connectivity index (χ1n) is 9.07. The smallest absolute Gasteiger partial charge is 0.213 e. The van der Waals surface area contributed by atoms with E-state index < -0.39 is 0 Å². The van der Waals surface area contributed by atoms with Crippen LogP contribution in [0.1, 0.15) is 71.6 Å². The van der Waals surface area contributed by atoms with E-state index in [2.05, 4.69) is 13.8 Å². The van der Waals surface area contributed by atoms with Crippen molar-refractivity contribution in [3.05, 3.63) is 10.1 Å². The van der Waals surface area contributed by atoms with Gasteiger partial charge in [-0.15, -0.1) is 0 Å². The van der Waals surface area contributed by atoms with Crippen LogP contribution in [0.15, 0.2) is 0 Å². The predicted octanol–water partition coefficient (Wildman–Crippen LogP) is 4.67. The van der Waals surface area contributed by atoms with Crippen LogP contribution in [-0.4, -0.2) is 11.0 Å². The molecule has 7 atom stereocenters. The van der Waals surface area contributed by atoms with Gasteiger partial charge in [-0.1, -0.05) is 20.3 Å². The molecule has 3 nitrogen and oxygen atoms in total. The largest absolute Gasteiger partial charge is 0.264 e. The number of nitrogens with zero attached hydrogens (tertiary/aromatic N) is 1. The fourth-order valence-electron chi connectivity index (χ4n) is 7.22. The minimum atomic E-state index is -0.254. The highest BCUT2D eigenvalue weighted by molar-refractivity contribution is 5.10. The Labute approximate surface area is 128 Å². The van der Waals surface area contributed by atoms with Crippen LogP contribution in [0.25, 0.3) is 0 Å². The Morgan fingerprint density at radius 1 is 1.05 bits per heavy atom. The van der Waals surface area contributed by atoms with E-state index in [1.807, 2.05) is 0 Å². The minimum absolute atomic E-state index is 0.00361. The lowest BCUT2D eigenvalue weighted by molar-refractivity contribution is -0.530. The Balaban J connectivity index is 1.60. The summed E-state index contributed by atoms with van der Waals surface area (Å²) >= 11 is 0. The van der Waals surface area contributed by atoms with Crippen LogP contribution < -0.4 is 0 Å². The lowest BCUT2D eigenvalue weighted by Gasteiger charge is -2.53. The summed E-state index contributed by atoms with van der Waals surface area (Å²) in [5.74, 6) is 3.38. The Morgan fingerprint density at radius 3 is 2.62 bits per heavy atom. The standard InChI is InChI=1S/C18H29NO2/c1-17-8-3-4-15(17)14-6-5-12-10-13(19(20)21)7-9-18(12,2)16(14)11-17/h12-16H,3-11H2,1-2H3. The molecule has 0 radical (unpaired) electrons. The second kappa shape index (κ2) is 4.45. The second-order valence-electron chi connectivity index (χ2n) is 9.12. The third kappa shape index (κ3) is 1.85. The normalized spacial score (nSPS) is 55.6. The molecule has 0 aliphatic heterocycles. The summed E-state index contributed by atoms with van der Waals surface area (Å²) in [6, 6.07) is -0.254. The van der Waals surface area contributed by atoms with Crippen molar-refractivity contribution in [1.29, 1.82) is 0 Å². The first-order chi connectivity index (χ1) is 9.94. The van der Waals surface area contributed by atoms with Gasteiger partial charge in [-0.2, -0.15) is 0 Å². The number of rotatable bonds is 1. The molecule has 7 unspecified atom stereocenters. The van der Waals surface area contributed by atoms with Gasteiger partial charge in [0.05, 0.1) is 0 Å². The van der Waals surface area contributed by atoms with Crippen LogP contribution in [-0.2, 0) is 0 Å². The molecule has 4 aliphatic rings.